The van der Waals surface area contributed by atoms with E-state index in [1.54, 1.807) is 0 Å². The van der Waals surface area contributed by atoms with E-state index in [0.29, 0.717) is 13.0 Å². The molecular formula is C8H13N3O3. The Morgan fingerprint density at radius 2 is 2.29 bits per heavy atom. The number of urea groups is 1. The predicted octanol–water partition coefficient (Wildman–Crippen LogP) is -1.13. The molecule has 6 nitrogen and oxygen atoms in total. The van der Waals surface area contributed by atoms with E-state index in [1.165, 1.54) is 0 Å². The normalized spacial score (nSPS) is 34.9. The lowest BCUT2D eigenvalue weighted by Gasteiger charge is -2.16. The fourth-order valence-electron chi connectivity index (χ4n) is 2.08. The maximum atomic E-state index is 11.0. The van der Waals surface area contributed by atoms with E-state index in [0.717, 1.165) is 0 Å². The van der Waals surface area contributed by atoms with E-state index in [-0.39, 0.29) is 30.6 Å². The molecule has 0 aliphatic carbocycles. The Morgan fingerprint density at radius 1 is 1.50 bits per heavy atom. The summed E-state index contributed by atoms with van der Waals surface area (Å²) in [4.78, 5) is 21.4. The molecule has 6 heteroatoms. The molecule has 2 aliphatic rings. The Kier molecular flexibility index (Phi) is 2.28. The van der Waals surface area contributed by atoms with Gasteiger partial charge in [-0.2, -0.15) is 0 Å². The van der Waals surface area contributed by atoms with Crippen molar-refractivity contribution in [2.75, 3.05) is 6.54 Å². The SMILES string of the molecule is O=C(O)CCC1NCC2NC(=O)NC12. The molecule has 0 aromatic carbocycles. The summed E-state index contributed by atoms with van der Waals surface area (Å²) >= 11 is 0. The Labute approximate surface area is 81.0 Å². The van der Waals surface area contributed by atoms with Crippen LogP contribution in [0.15, 0.2) is 0 Å². The van der Waals surface area contributed by atoms with Crippen molar-refractivity contribution in [3.63, 3.8) is 0 Å². The zero-order valence-electron chi connectivity index (χ0n) is 7.62. The highest BCUT2D eigenvalue weighted by Gasteiger charge is 2.41. The van der Waals surface area contributed by atoms with E-state index < -0.39 is 5.97 Å². The number of nitrogens with one attached hydrogen (secondary N) is 3. The summed E-state index contributed by atoms with van der Waals surface area (Å²) < 4.78 is 0. The Balaban J connectivity index is 1.89. The number of rotatable bonds is 3. The fourth-order valence-corrected chi connectivity index (χ4v) is 2.08. The molecule has 0 spiro atoms. The topological polar surface area (TPSA) is 90.5 Å². The molecule has 2 fully saturated rings. The Hall–Kier alpha value is -1.30. The van der Waals surface area contributed by atoms with Gasteiger partial charge in [0, 0.05) is 19.0 Å². The van der Waals surface area contributed by atoms with Crippen LogP contribution in [0.3, 0.4) is 0 Å². The molecule has 3 atom stereocenters. The first kappa shape index (κ1) is 9.26. The third-order valence-corrected chi connectivity index (χ3v) is 2.75. The van der Waals surface area contributed by atoms with Crippen LogP contribution in [0, 0.1) is 0 Å². The van der Waals surface area contributed by atoms with Crippen LogP contribution in [0.25, 0.3) is 0 Å². The lowest BCUT2D eigenvalue weighted by Crippen LogP contribution is -2.41. The number of carbonyl (C=O) groups excluding carboxylic acids is 1. The van der Waals surface area contributed by atoms with Gasteiger partial charge in [-0.1, -0.05) is 0 Å². The quantitative estimate of drug-likeness (QED) is 0.463. The zero-order chi connectivity index (χ0) is 10.1. The third kappa shape index (κ3) is 1.65. The summed E-state index contributed by atoms with van der Waals surface area (Å²) in [5.74, 6) is -0.799. The molecule has 0 aromatic heterocycles. The summed E-state index contributed by atoms with van der Waals surface area (Å²) in [6.45, 7) is 0.716. The maximum absolute atomic E-state index is 11.0. The van der Waals surface area contributed by atoms with Crippen molar-refractivity contribution >= 4 is 12.0 Å². The second-order valence-electron chi connectivity index (χ2n) is 3.70. The average Bonchev–Trinajstić information content (AvgIpc) is 2.60. The molecule has 0 radical (unpaired) electrons. The van der Waals surface area contributed by atoms with Gasteiger partial charge in [0.15, 0.2) is 0 Å². The van der Waals surface area contributed by atoms with Crippen LogP contribution in [0.1, 0.15) is 12.8 Å². The molecule has 4 N–H and O–H groups in total. The molecule has 2 aliphatic heterocycles. The monoisotopic (exact) mass is 199 g/mol. The van der Waals surface area contributed by atoms with Gasteiger partial charge >= 0.3 is 12.0 Å². The summed E-state index contributed by atoms with van der Waals surface area (Å²) in [5, 5.41) is 17.3. The van der Waals surface area contributed by atoms with E-state index >= 15 is 0 Å². The zero-order valence-corrected chi connectivity index (χ0v) is 7.62. The first-order chi connectivity index (χ1) is 6.66. The number of hydrogen-bond acceptors (Lipinski definition) is 3. The van der Waals surface area contributed by atoms with Gasteiger partial charge in [-0.05, 0) is 6.42 Å². The van der Waals surface area contributed by atoms with Crippen molar-refractivity contribution in [1.82, 2.24) is 16.0 Å². The number of carboxylic acids is 1. The summed E-state index contributed by atoms with van der Waals surface area (Å²) in [7, 11) is 0. The number of carbonyl (C=O) groups is 2. The largest absolute Gasteiger partial charge is 0.481 e. The predicted molar refractivity (Wildman–Crippen MR) is 47.9 cm³/mol. The number of hydrogen-bond donors (Lipinski definition) is 4. The number of aliphatic carboxylic acids is 1. The third-order valence-electron chi connectivity index (χ3n) is 2.75. The minimum Gasteiger partial charge on any atom is -0.481 e. The van der Waals surface area contributed by atoms with Gasteiger partial charge in [-0.3, -0.25) is 4.79 Å². The van der Waals surface area contributed by atoms with Crippen LogP contribution in [0.4, 0.5) is 4.79 Å². The summed E-state index contributed by atoms with van der Waals surface area (Å²) in [5.41, 5.74) is 0. The number of carboxylic acid groups (broad SMARTS) is 1. The molecule has 0 bridgehead atoms. The van der Waals surface area contributed by atoms with Crippen LogP contribution in [-0.4, -0.2) is 41.8 Å². The van der Waals surface area contributed by atoms with Crippen molar-refractivity contribution in [3.8, 4) is 0 Å². The molecule has 14 heavy (non-hydrogen) atoms. The second kappa shape index (κ2) is 3.45. The van der Waals surface area contributed by atoms with Gasteiger partial charge in [0.1, 0.15) is 0 Å². The van der Waals surface area contributed by atoms with Crippen molar-refractivity contribution in [2.45, 2.75) is 31.0 Å². The van der Waals surface area contributed by atoms with Gasteiger partial charge in [0.2, 0.25) is 0 Å². The van der Waals surface area contributed by atoms with Gasteiger partial charge in [-0.15, -0.1) is 0 Å². The van der Waals surface area contributed by atoms with Crippen molar-refractivity contribution in [2.24, 2.45) is 0 Å². The summed E-state index contributed by atoms with van der Waals surface area (Å²) in [6, 6.07) is 0.0834. The highest BCUT2D eigenvalue weighted by Crippen LogP contribution is 2.16. The highest BCUT2D eigenvalue weighted by atomic mass is 16.4. The first-order valence-electron chi connectivity index (χ1n) is 4.69. The number of fused-ring (bicyclic) bond motifs is 1. The van der Waals surface area contributed by atoms with Crippen LogP contribution in [0.5, 0.6) is 0 Å². The standard InChI is InChI=1S/C8H13N3O3/c12-6(13)2-1-4-7-5(3-9-4)10-8(14)11-7/h4-5,7,9H,1-3H2,(H,12,13)(H2,10,11,14). The van der Waals surface area contributed by atoms with Gasteiger partial charge in [-0.25, -0.2) is 4.79 Å². The molecule has 2 heterocycles. The first-order valence-corrected chi connectivity index (χ1v) is 4.69. The molecule has 2 rings (SSSR count). The van der Waals surface area contributed by atoms with Gasteiger partial charge in [0.25, 0.3) is 0 Å². The van der Waals surface area contributed by atoms with E-state index in [9.17, 15) is 9.59 Å². The van der Waals surface area contributed by atoms with Crippen LogP contribution in [0.2, 0.25) is 0 Å². The smallest absolute Gasteiger partial charge is 0.315 e. The average molecular weight is 199 g/mol. The minimum absolute atomic E-state index is 0.0434. The minimum atomic E-state index is -0.799. The Bertz CT molecular complexity index is 269. The molecule has 2 amide bonds. The molecule has 78 valence electrons. The molecule has 3 unspecified atom stereocenters. The van der Waals surface area contributed by atoms with Crippen molar-refractivity contribution in [3.05, 3.63) is 0 Å². The van der Waals surface area contributed by atoms with Gasteiger partial charge < -0.3 is 21.1 Å². The second-order valence-corrected chi connectivity index (χ2v) is 3.70. The lowest BCUT2D eigenvalue weighted by molar-refractivity contribution is -0.137. The van der Waals surface area contributed by atoms with Gasteiger partial charge in [0.05, 0.1) is 12.1 Å². The lowest BCUT2D eigenvalue weighted by atomic mass is 10.0. The van der Waals surface area contributed by atoms with E-state index in [1.807, 2.05) is 0 Å². The maximum Gasteiger partial charge on any atom is 0.315 e. The molecule has 0 saturated carbocycles. The fraction of sp³-hybridized carbons (Fsp3) is 0.750. The highest BCUT2D eigenvalue weighted by molar-refractivity contribution is 5.78. The van der Waals surface area contributed by atoms with Crippen LogP contribution >= 0.6 is 0 Å². The van der Waals surface area contributed by atoms with E-state index in [4.69, 9.17) is 5.11 Å². The van der Waals surface area contributed by atoms with Crippen molar-refractivity contribution < 1.29 is 14.7 Å². The van der Waals surface area contributed by atoms with Crippen molar-refractivity contribution in [1.29, 1.82) is 0 Å². The summed E-state index contributed by atoms with van der Waals surface area (Å²) in [6.07, 6.45) is 0.690. The number of amides is 2. The van der Waals surface area contributed by atoms with Crippen LogP contribution in [-0.2, 0) is 4.79 Å². The van der Waals surface area contributed by atoms with E-state index in [2.05, 4.69) is 16.0 Å². The molecule has 2 saturated heterocycles. The van der Waals surface area contributed by atoms with Crippen LogP contribution < -0.4 is 16.0 Å². The molecule has 0 aromatic rings. The molecular weight excluding hydrogens is 186 g/mol. The Morgan fingerprint density at radius 3 is 3.00 bits per heavy atom.